The van der Waals surface area contributed by atoms with Gasteiger partial charge in [-0.3, -0.25) is 19.3 Å². The van der Waals surface area contributed by atoms with Gasteiger partial charge in [0, 0.05) is 19.4 Å². The maximum atomic E-state index is 13.6. The van der Waals surface area contributed by atoms with Gasteiger partial charge in [0.05, 0.1) is 24.2 Å². The number of benzene rings is 1. The summed E-state index contributed by atoms with van der Waals surface area (Å²) in [5.41, 5.74) is 10.6. The third kappa shape index (κ3) is 3.35. The molecule has 2 unspecified atom stereocenters. The van der Waals surface area contributed by atoms with Crippen molar-refractivity contribution in [2.45, 2.75) is 49.0 Å². The number of carbonyl (C=O) groups is 3. The Labute approximate surface area is 207 Å². The van der Waals surface area contributed by atoms with Crippen molar-refractivity contribution in [1.82, 2.24) is 20.4 Å². The predicted molar refractivity (Wildman–Crippen MR) is 119 cm³/mol. The maximum Gasteiger partial charge on any atom is 0.586 e. The number of nitrogens with zero attached hydrogens (tertiary/aromatic N) is 4. The van der Waals surface area contributed by atoms with E-state index in [1.165, 1.54) is 23.1 Å². The lowest BCUT2D eigenvalue weighted by Crippen LogP contribution is -2.73. The second-order valence-corrected chi connectivity index (χ2v) is 9.30. The Hall–Kier alpha value is -4.21. The Balaban J connectivity index is 1.27. The number of amides is 3. The Morgan fingerprint density at radius 1 is 1.22 bits per heavy atom. The second-order valence-electron chi connectivity index (χ2n) is 9.30. The van der Waals surface area contributed by atoms with Crippen LogP contribution in [0.15, 0.2) is 28.2 Å². The van der Waals surface area contributed by atoms with Crippen LogP contribution >= 0.6 is 0 Å². The number of aliphatic imine (C=N–C) groups is 2. The van der Waals surface area contributed by atoms with Crippen LogP contribution in [0.5, 0.6) is 11.5 Å². The molecule has 1 aromatic carbocycles. The van der Waals surface area contributed by atoms with Gasteiger partial charge >= 0.3 is 6.29 Å². The summed E-state index contributed by atoms with van der Waals surface area (Å²) in [6, 6.07) is 1.20. The fraction of sp³-hybridized carbons (Fsp3) is 0.476. The molecule has 0 bridgehead atoms. The third-order valence-corrected chi connectivity index (χ3v) is 7.17. The predicted octanol–water partition coefficient (Wildman–Crippen LogP) is -2.39. The van der Waals surface area contributed by atoms with Crippen LogP contribution in [0.2, 0.25) is 0 Å². The molecule has 0 aliphatic carbocycles. The Morgan fingerprint density at radius 2 is 1.95 bits per heavy atom. The molecule has 0 saturated carbocycles. The van der Waals surface area contributed by atoms with Gasteiger partial charge in [0.2, 0.25) is 11.8 Å². The molecule has 1 aromatic rings. The number of likely N-dealkylation sites (tertiary alicyclic amines) is 1. The van der Waals surface area contributed by atoms with Crippen molar-refractivity contribution in [3.63, 3.8) is 0 Å². The van der Waals surface area contributed by atoms with E-state index in [0.29, 0.717) is 0 Å². The first-order valence-electron chi connectivity index (χ1n) is 11.4. The summed E-state index contributed by atoms with van der Waals surface area (Å²) < 4.78 is 36.0. The highest BCUT2D eigenvalue weighted by molar-refractivity contribution is 6.02. The summed E-state index contributed by atoms with van der Waals surface area (Å²) in [7, 11) is 0. The Bertz CT molecular complexity index is 1270. The van der Waals surface area contributed by atoms with Crippen LogP contribution in [0.1, 0.15) is 23.2 Å². The van der Waals surface area contributed by atoms with E-state index in [0.717, 1.165) is 4.90 Å². The van der Waals surface area contributed by atoms with Crippen molar-refractivity contribution in [3.05, 3.63) is 23.8 Å². The molecule has 3 amide bonds. The molecule has 5 atom stereocenters. The SMILES string of the molecule is NC1=NC2[C@H](CN3C(=O)CCC3=O)N=C(N)N3CC(NC(=O)c4cccc5c4OC(F)(F)O5)[C@@H](O)[C@]23N1. The minimum atomic E-state index is -3.92. The number of rotatable bonds is 4. The average Bonchev–Trinajstić information content (AvgIpc) is 3.53. The largest absolute Gasteiger partial charge is 0.586 e. The zero-order valence-electron chi connectivity index (χ0n) is 19.1. The van der Waals surface area contributed by atoms with Crippen molar-refractivity contribution in [2.24, 2.45) is 21.5 Å². The molecule has 7 N–H and O–H groups in total. The lowest BCUT2D eigenvalue weighted by atomic mass is 9.87. The summed E-state index contributed by atoms with van der Waals surface area (Å²) in [5, 5.41) is 17.0. The molecule has 14 nitrogen and oxygen atoms in total. The van der Waals surface area contributed by atoms with Crippen molar-refractivity contribution in [1.29, 1.82) is 0 Å². The summed E-state index contributed by atoms with van der Waals surface area (Å²) in [6.07, 6.45) is -5.10. The number of guanidine groups is 2. The molecule has 5 aliphatic heterocycles. The average molecular weight is 520 g/mol. The van der Waals surface area contributed by atoms with Crippen LogP contribution in [0, 0.1) is 0 Å². The number of aliphatic hydroxyl groups excluding tert-OH is 1. The van der Waals surface area contributed by atoms with Gasteiger partial charge in [0.1, 0.15) is 12.1 Å². The van der Waals surface area contributed by atoms with E-state index in [1.807, 2.05) is 0 Å². The molecular weight excluding hydrogens is 498 g/mol. The van der Waals surface area contributed by atoms with Crippen LogP contribution in [0.3, 0.4) is 0 Å². The molecular formula is C21H22F2N8O6. The van der Waals surface area contributed by atoms with Gasteiger partial charge in [0.15, 0.2) is 29.1 Å². The number of aliphatic hydroxyl groups is 1. The highest BCUT2D eigenvalue weighted by Crippen LogP contribution is 2.44. The van der Waals surface area contributed by atoms with Crippen LogP contribution in [0.25, 0.3) is 0 Å². The number of alkyl halides is 2. The van der Waals surface area contributed by atoms with Crippen LogP contribution in [-0.2, 0) is 9.59 Å². The fourth-order valence-electron chi connectivity index (χ4n) is 5.60. The minimum absolute atomic E-state index is 0.0227. The molecule has 5 aliphatic rings. The lowest BCUT2D eigenvalue weighted by Gasteiger charge is -2.46. The number of carbonyl (C=O) groups excluding carboxylic acids is 3. The van der Waals surface area contributed by atoms with Gasteiger partial charge in [-0.05, 0) is 12.1 Å². The zero-order chi connectivity index (χ0) is 26.3. The number of imide groups is 1. The van der Waals surface area contributed by atoms with Gasteiger partial charge in [-0.2, -0.15) is 0 Å². The van der Waals surface area contributed by atoms with E-state index < -0.39 is 47.8 Å². The van der Waals surface area contributed by atoms with Crippen molar-refractivity contribution >= 4 is 29.6 Å². The van der Waals surface area contributed by atoms with Crippen LogP contribution < -0.4 is 31.6 Å². The van der Waals surface area contributed by atoms with Gasteiger partial charge in [-0.25, -0.2) is 9.98 Å². The second kappa shape index (κ2) is 7.64. The molecule has 1 spiro atoms. The molecule has 0 radical (unpaired) electrons. The highest BCUT2D eigenvalue weighted by atomic mass is 19.3. The number of halogens is 2. The molecule has 16 heteroatoms. The van der Waals surface area contributed by atoms with Crippen LogP contribution in [0.4, 0.5) is 8.78 Å². The molecule has 6 rings (SSSR count). The summed E-state index contributed by atoms with van der Waals surface area (Å²) in [6.45, 7) is -0.145. The van der Waals surface area contributed by atoms with Gasteiger partial charge < -0.3 is 41.6 Å². The standard InChI is InChI=1S/C21H22F2N8O6/c22-21(23)36-11-3-1-2-8(14(11)37-21)17(35)26-10-7-31-19(25)27-9(6-30-12(32)4-5-13(30)33)15-20(31,16(10)34)29-18(24)28-15/h1-3,9-10,15-16,34H,4-7H2,(H2,25,27)(H,26,35)(H3,24,28,29)/t9-,10?,15?,16+,20-/m0/s1. The van der Waals surface area contributed by atoms with E-state index in [2.05, 4.69) is 30.1 Å². The summed E-state index contributed by atoms with van der Waals surface area (Å²) >= 11 is 0. The first-order valence-corrected chi connectivity index (χ1v) is 11.4. The molecule has 37 heavy (non-hydrogen) atoms. The van der Waals surface area contributed by atoms with E-state index in [9.17, 15) is 28.3 Å². The summed E-state index contributed by atoms with van der Waals surface area (Å²) in [4.78, 5) is 48.9. The number of nitrogens with one attached hydrogen (secondary N) is 2. The smallest absolute Gasteiger partial charge is 0.395 e. The van der Waals surface area contributed by atoms with Crippen molar-refractivity contribution in [3.8, 4) is 11.5 Å². The number of ether oxygens (including phenoxy) is 2. The fourth-order valence-corrected chi connectivity index (χ4v) is 5.60. The highest BCUT2D eigenvalue weighted by Gasteiger charge is 2.66. The maximum absolute atomic E-state index is 13.6. The number of para-hydroxylation sites is 1. The van der Waals surface area contributed by atoms with Crippen molar-refractivity contribution in [2.75, 3.05) is 13.1 Å². The zero-order valence-corrected chi connectivity index (χ0v) is 19.1. The molecule has 2 fully saturated rings. The normalized spacial score (nSPS) is 33.1. The Kier molecular flexibility index (Phi) is 4.79. The van der Waals surface area contributed by atoms with E-state index >= 15 is 0 Å². The van der Waals surface area contributed by atoms with E-state index in [-0.39, 0.29) is 61.0 Å². The van der Waals surface area contributed by atoms with E-state index in [1.54, 1.807) is 0 Å². The van der Waals surface area contributed by atoms with E-state index in [4.69, 9.17) is 11.5 Å². The van der Waals surface area contributed by atoms with Crippen molar-refractivity contribution < 1.29 is 37.7 Å². The van der Waals surface area contributed by atoms with Crippen LogP contribution in [-0.4, -0.2) is 93.8 Å². The quantitative estimate of drug-likeness (QED) is 0.267. The number of nitrogens with two attached hydrogens (primary N) is 2. The van der Waals surface area contributed by atoms with Gasteiger partial charge in [0.25, 0.3) is 5.91 Å². The van der Waals surface area contributed by atoms with Gasteiger partial charge in [-0.15, -0.1) is 8.78 Å². The number of fused-ring (bicyclic) bond motifs is 1. The lowest BCUT2D eigenvalue weighted by molar-refractivity contribution is -0.286. The molecule has 5 heterocycles. The number of hydrogen-bond donors (Lipinski definition) is 5. The first-order chi connectivity index (χ1) is 17.5. The minimum Gasteiger partial charge on any atom is -0.395 e. The summed E-state index contributed by atoms with van der Waals surface area (Å²) in [5.74, 6) is -2.27. The number of hydrogen-bond acceptors (Lipinski definition) is 12. The Morgan fingerprint density at radius 3 is 2.68 bits per heavy atom. The first kappa shape index (κ1) is 23.2. The third-order valence-electron chi connectivity index (χ3n) is 7.17. The topological polar surface area (TPSA) is 197 Å². The monoisotopic (exact) mass is 520 g/mol. The molecule has 2 saturated heterocycles. The van der Waals surface area contributed by atoms with Gasteiger partial charge in [-0.1, -0.05) is 6.07 Å². The molecule has 196 valence electrons. The molecule has 0 aromatic heterocycles.